The third kappa shape index (κ3) is 3.52. The van der Waals surface area contributed by atoms with Crippen LogP contribution in [0, 0.1) is 11.3 Å². The fourth-order valence-corrected chi connectivity index (χ4v) is 1.25. The fourth-order valence-electron chi connectivity index (χ4n) is 1.25. The number of halogens is 3. The molecule has 1 aromatic carbocycles. The van der Waals surface area contributed by atoms with E-state index in [0.717, 1.165) is 6.07 Å². The largest absolute Gasteiger partial charge is 0.417 e. The van der Waals surface area contributed by atoms with Crippen LogP contribution in [0.3, 0.4) is 0 Å². The zero-order valence-corrected chi connectivity index (χ0v) is 9.42. The zero-order valence-electron chi connectivity index (χ0n) is 9.42. The van der Waals surface area contributed by atoms with E-state index in [9.17, 15) is 13.2 Å². The standard InChI is InChI=1S/C12H11F3N2/c1-17(2)6-5-10-4-3-9(8-16)7-11(10)12(13,14)15/h3-7H,1-2H3/b6-5+. The Labute approximate surface area is 97.6 Å². The van der Waals surface area contributed by atoms with Crippen molar-refractivity contribution in [2.75, 3.05) is 14.1 Å². The Morgan fingerprint density at radius 1 is 1.29 bits per heavy atom. The van der Waals surface area contributed by atoms with Gasteiger partial charge in [-0.2, -0.15) is 18.4 Å². The van der Waals surface area contributed by atoms with Crippen LogP contribution in [0.4, 0.5) is 13.2 Å². The van der Waals surface area contributed by atoms with E-state index >= 15 is 0 Å². The van der Waals surface area contributed by atoms with Crippen molar-refractivity contribution >= 4 is 6.08 Å². The van der Waals surface area contributed by atoms with Crippen molar-refractivity contribution in [2.45, 2.75) is 6.18 Å². The number of hydrogen-bond acceptors (Lipinski definition) is 2. The maximum Gasteiger partial charge on any atom is 0.417 e. The van der Waals surface area contributed by atoms with Gasteiger partial charge in [-0.25, -0.2) is 0 Å². The Kier molecular flexibility index (Phi) is 3.79. The molecule has 0 fully saturated rings. The van der Waals surface area contributed by atoms with Crippen LogP contribution in [-0.2, 0) is 6.18 Å². The molecule has 0 heterocycles. The summed E-state index contributed by atoms with van der Waals surface area (Å²) in [7, 11) is 3.43. The summed E-state index contributed by atoms with van der Waals surface area (Å²) in [4.78, 5) is 1.64. The van der Waals surface area contributed by atoms with Crippen LogP contribution in [0.5, 0.6) is 0 Å². The molecule has 0 aliphatic rings. The summed E-state index contributed by atoms with van der Waals surface area (Å²) in [6.07, 6.45) is -1.57. The monoisotopic (exact) mass is 240 g/mol. The van der Waals surface area contributed by atoms with Gasteiger partial charge in [-0.3, -0.25) is 0 Å². The molecule has 1 aromatic rings. The van der Waals surface area contributed by atoms with Crippen LogP contribution in [0.2, 0.25) is 0 Å². The smallest absolute Gasteiger partial charge is 0.383 e. The molecule has 0 saturated carbocycles. The summed E-state index contributed by atoms with van der Waals surface area (Å²) >= 11 is 0. The van der Waals surface area contributed by atoms with E-state index in [2.05, 4.69) is 0 Å². The molecule has 0 spiro atoms. The third-order valence-electron chi connectivity index (χ3n) is 2.04. The van der Waals surface area contributed by atoms with Crippen LogP contribution < -0.4 is 0 Å². The quantitative estimate of drug-likeness (QED) is 0.794. The second kappa shape index (κ2) is 4.91. The van der Waals surface area contributed by atoms with Crippen LogP contribution in [0.25, 0.3) is 6.08 Å². The molecular formula is C12H11F3N2. The van der Waals surface area contributed by atoms with Crippen LogP contribution in [-0.4, -0.2) is 19.0 Å². The van der Waals surface area contributed by atoms with Gasteiger partial charge < -0.3 is 4.90 Å². The first kappa shape index (κ1) is 13.1. The first-order valence-electron chi connectivity index (χ1n) is 4.80. The molecule has 0 bridgehead atoms. The molecule has 0 aliphatic carbocycles. The molecule has 0 atom stereocenters. The highest BCUT2D eigenvalue weighted by Crippen LogP contribution is 2.33. The van der Waals surface area contributed by atoms with Gasteiger partial charge in [0.15, 0.2) is 0 Å². The topological polar surface area (TPSA) is 27.0 Å². The predicted octanol–water partition coefficient (Wildman–Crippen LogP) is 3.11. The molecule has 0 aromatic heterocycles. The van der Waals surface area contributed by atoms with Gasteiger partial charge >= 0.3 is 6.18 Å². The molecule has 0 unspecified atom stereocenters. The molecule has 0 saturated heterocycles. The van der Waals surface area contributed by atoms with E-state index in [1.807, 2.05) is 0 Å². The molecule has 1 rings (SSSR count). The van der Waals surface area contributed by atoms with Gasteiger partial charge in [0.05, 0.1) is 17.2 Å². The average molecular weight is 240 g/mol. The summed E-state index contributed by atoms with van der Waals surface area (Å²) in [5.74, 6) is 0. The second-order valence-electron chi connectivity index (χ2n) is 3.69. The molecule has 17 heavy (non-hydrogen) atoms. The lowest BCUT2D eigenvalue weighted by atomic mass is 10.0. The van der Waals surface area contributed by atoms with Crippen molar-refractivity contribution in [2.24, 2.45) is 0 Å². The van der Waals surface area contributed by atoms with E-state index in [1.54, 1.807) is 25.1 Å². The van der Waals surface area contributed by atoms with Gasteiger partial charge in [0.1, 0.15) is 0 Å². The van der Waals surface area contributed by atoms with Crippen molar-refractivity contribution in [1.82, 2.24) is 4.90 Å². The normalized spacial score (nSPS) is 11.5. The molecule has 2 nitrogen and oxygen atoms in total. The number of alkyl halides is 3. The lowest BCUT2D eigenvalue weighted by molar-refractivity contribution is -0.137. The highest BCUT2D eigenvalue weighted by molar-refractivity contribution is 5.56. The fraction of sp³-hybridized carbons (Fsp3) is 0.250. The average Bonchev–Trinajstić information content (AvgIpc) is 2.24. The molecule has 5 heteroatoms. The maximum absolute atomic E-state index is 12.7. The molecule has 0 radical (unpaired) electrons. The minimum atomic E-state index is -4.46. The predicted molar refractivity (Wildman–Crippen MR) is 58.9 cm³/mol. The van der Waals surface area contributed by atoms with Gasteiger partial charge in [0.25, 0.3) is 0 Å². The molecule has 90 valence electrons. The minimum absolute atomic E-state index is 0.000622. The first-order valence-corrected chi connectivity index (χ1v) is 4.80. The van der Waals surface area contributed by atoms with Crippen molar-refractivity contribution in [3.63, 3.8) is 0 Å². The van der Waals surface area contributed by atoms with E-state index in [0.29, 0.717) is 0 Å². The van der Waals surface area contributed by atoms with E-state index in [4.69, 9.17) is 5.26 Å². The summed E-state index contributed by atoms with van der Waals surface area (Å²) in [6, 6.07) is 5.21. The summed E-state index contributed by atoms with van der Waals surface area (Å²) in [5.41, 5.74) is -0.751. The summed E-state index contributed by atoms with van der Waals surface area (Å²) in [6.45, 7) is 0. The lowest BCUT2D eigenvalue weighted by Gasteiger charge is -2.11. The Balaban J connectivity index is 3.27. The van der Waals surface area contributed by atoms with Crippen LogP contribution >= 0.6 is 0 Å². The highest BCUT2D eigenvalue weighted by atomic mass is 19.4. The van der Waals surface area contributed by atoms with E-state index in [-0.39, 0.29) is 11.1 Å². The number of nitriles is 1. The Hall–Kier alpha value is -1.96. The van der Waals surface area contributed by atoms with Gasteiger partial charge in [-0.1, -0.05) is 6.07 Å². The number of hydrogen-bond donors (Lipinski definition) is 0. The van der Waals surface area contributed by atoms with E-state index < -0.39 is 11.7 Å². The van der Waals surface area contributed by atoms with Crippen LogP contribution in [0.15, 0.2) is 24.4 Å². The zero-order chi connectivity index (χ0) is 13.1. The molecular weight excluding hydrogens is 229 g/mol. The minimum Gasteiger partial charge on any atom is -0.383 e. The third-order valence-corrected chi connectivity index (χ3v) is 2.04. The number of nitrogens with zero attached hydrogens (tertiary/aromatic N) is 2. The summed E-state index contributed by atoms with van der Waals surface area (Å²) in [5, 5.41) is 8.59. The van der Waals surface area contributed by atoms with Gasteiger partial charge in [-0.05, 0) is 30.0 Å². The molecule has 0 N–H and O–H groups in total. The van der Waals surface area contributed by atoms with Crippen molar-refractivity contribution in [1.29, 1.82) is 5.26 Å². The SMILES string of the molecule is CN(C)/C=C/c1ccc(C#N)cc1C(F)(F)F. The first-order chi connectivity index (χ1) is 7.84. The van der Waals surface area contributed by atoms with Gasteiger partial charge in [0.2, 0.25) is 0 Å². The molecule has 0 aliphatic heterocycles. The number of rotatable bonds is 2. The Bertz CT molecular complexity index is 468. The van der Waals surface area contributed by atoms with Crippen LogP contribution in [0.1, 0.15) is 16.7 Å². The second-order valence-corrected chi connectivity index (χ2v) is 3.69. The van der Waals surface area contributed by atoms with Crippen molar-refractivity contribution in [3.05, 3.63) is 41.1 Å². The lowest BCUT2D eigenvalue weighted by Crippen LogP contribution is -2.08. The Morgan fingerprint density at radius 2 is 1.94 bits per heavy atom. The van der Waals surface area contributed by atoms with Gasteiger partial charge in [-0.15, -0.1) is 0 Å². The summed E-state index contributed by atoms with van der Waals surface area (Å²) < 4.78 is 38.2. The Morgan fingerprint density at radius 3 is 2.41 bits per heavy atom. The maximum atomic E-state index is 12.7. The van der Waals surface area contributed by atoms with Gasteiger partial charge in [0, 0.05) is 14.1 Å². The van der Waals surface area contributed by atoms with Crippen molar-refractivity contribution in [3.8, 4) is 6.07 Å². The highest BCUT2D eigenvalue weighted by Gasteiger charge is 2.33. The van der Waals surface area contributed by atoms with E-state index in [1.165, 1.54) is 24.4 Å². The number of benzene rings is 1. The molecule has 0 amide bonds. The van der Waals surface area contributed by atoms with Crippen molar-refractivity contribution < 1.29 is 13.2 Å².